The van der Waals surface area contributed by atoms with Crippen LogP contribution in [-0.4, -0.2) is 16.1 Å². The molecule has 0 bridgehead atoms. The number of rotatable bonds is 4. The van der Waals surface area contributed by atoms with Gasteiger partial charge in [-0.1, -0.05) is 59.6 Å². The molecule has 0 fully saturated rings. The molecule has 0 aliphatic heterocycles. The quantitative estimate of drug-likeness (QED) is 0.408. The van der Waals surface area contributed by atoms with E-state index in [1.807, 2.05) is 36.4 Å². The molecule has 0 atom stereocenters. The van der Waals surface area contributed by atoms with Crippen LogP contribution < -0.4 is 0 Å². The smallest absolute Gasteiger partial charge is 0.335 e. The number of benzene rings is 3. The lowest BCUT2D eigenvalue weighted by molar-refractivity contribution is 0.0697. The highest BCUT2D eigenvalue weighted by Crippen LogP contribution is 2.37. The molecule has 1 N–H and O–H groups in total. The van der Waals surface area contributed by atoms with Gasteiger partial charge >= 0.3 is 5.97 Å². The Kier molecular flexibility index (Phi) is 4.90. The maximum absolute atomic E-state index is 11.1. The lowest BCUT2D eigenvalue weighted by Gasteiger charge is -2.03. The van der Waals surface area contributed by atoms with Crippen LogP contribution in [0, 0.1) is 0 Å². The number of carboxylic acid groups (broad SMARTS) is 1. The third kappa shape index (κ3) is 3.52. The zero-order chi connectivity index (χ0) is 19.7. The molecule has 0 spiro atoms. The molecule has 0 aliphatic carbocycles. The van der Waals surface area contributed by atoms with Gasteiger partial charge in [-0.25, -0.2) is 9.78 Å². The Morgan fingerprint density at radius 2 is 1.50 bits per heavy atom. The van der Waals surface area contributed by atoms with E-state index in [4.69, 9.17) is 32.7 Å². The Balaban J connectivity index is 1.86. The van der Waals surface area contributed by atoms with Gasteiger partial charge in [0.15, 0.2) is 5.76 Å². The zero-order valence-electron chi connectivity index (χ0n) is 14.4. The monoisotopic (exact) mass is 409 g/mol. The molecule has 4 nitrogen and oxygen atoms in total. The van der Waals surface area contributed by atoms with Crippen LogP contribution in [0.2, 0.25) is 10.0 Å². The van der Waals surface area contributed by atoms with E-state index in [1.54, 1.807) is 24.3 Å². The standard InChI is InChI=1S/C22H13Cl2NO3/c23-17-11-10-16(12-18(17)24)19-20(13-4-2-1-3-5-13)28-21(25-19)14-6-8-15(9-7-14)22(26)27/h1-12H,(H,26,27). The summed E-state index contributed by atoms with van der Waals surface area (Å²) in [5.41, 5.74) is 3.13. The van der Waals surface area contributed by atoms with Gasteiger partial charge in [-0.2, -0.15) is 0 Å². The highest BCUT2D eigenvalue weighted by Gasteiger charge is 2.19. The Bertz CT molecular complexity index is 1150. The molecule has 4 rings (SSSR count). The number of hydrogen-bond donors (Lipinski definition) is 1. The minimum absolute atomic E-state index is 0.197. The van der Waals surface area contributed by atoms with Crippen molar-refractivity contribution in [1.29, 1.82) is 0 Å². The van der Waals surface area contributed by atoms with Crippen molar-refractivity contribution in [1.82, 2.24) is 4.98 Å². The van der Waals surface area contributed by atoms with Crippen LogP contribution in [0.4, 0.5) is 0 Å². The number of hydrogen-bond acceptors (Lipinski definition) is 3. The zero-order valence-corrected chi connectivity index (χ0v) is 15.9. The Labute approximate surface area is 171 Å². The maximum atomic E-state index is 11.1. The summed E-state index contributed by atoms with van der Waals surface area (Å²) >= 11 is 12.2. The van der Waals surface area contributed by atoms with Gasteiger partial charge in [-0.3, -0.25) is 0 Å². The van der Waals surface area contributed by atoms with E-state index in [0.29, 0.717) is 33.0 Å². The molecule has 4 aromatic rings. The van der Waals surface area contributed by atoms with Crippen LogP contribution in [-0.2, 0) is 0 Å². The lowest BCUT2D eigenvalue weighted by atomic mass is 10.1. The first-order valence-corrected chi connectivity index (χ1v) is 9.14. The van der Waals surface area contributed by atoms with Crippen LogP contribution in [0.15, 0.2) is 77.2 Å². The molecule has 0 saturated carbocycles. The van der Waals surface area contributed by atoms with Crippen molar-refractivity contribution in [2.45, 2.75) is 0 Å². The van der Waals surface area contributed by atoms with E-state index in [2.05, 4.69) is 4.98 Å². The molecule has 1 aromatic heterocycles. The predicted octanol–water partition coefficient (Wildman–Crippen LogP) is 6.68. The molecule has 28 heavy (non-hydrogen) atoms. The summed E-state index contributed by atoms with van der Waals surface area (Å²) in [4.78, 5) is 15.7. The Hall–Kier alpha value is -3.08. The molecule has 6 heteroatoms. The van der Waals surface area contributed by atoms with E-state index in [1.165, 1.54) is 12.1 Å². The molecule has 0 amide bonds. The van der Waals surface area contributed by atoms with Crippen molar-refractivity contribution in [3.05, 3.63) is 88.4 Å². The number of oxazole rings is 1. The average Bonchev–Trinajstić information content (AvgIpc) is 3.16. The third-order valence-electron chi connectivity index (χ3n) is 4.23. The fourth-order valence-electron chi connectivity index (χ4n) is 2.82. The van der Waals surface area contributed by atoms with Gasteiger partial charge in [0.1, 0.15) is 5.69 Å². The third-order valence-corrected chi connectivity index (χ3v) is 4.97. The van der Waals surface area contributed by atoms with E-state index >= 15 is 0 Å². The lowest BCUT2D eigenvalue weighted by Crippen LogP contribution is -1.94. The summed E-state index contributed by atoms with van der Waals surface area (Å²) in [7, 11) is 0. The van der Waals surface area contributed by atoms with Crippen LogP contribution in [0.1, 0.15) is 10.4 Å². The van der Waals surface area contributed by atoms with Crippen molar-refractivity contribution in [3.63, 3.8) is 0 Å². The highest BCUT2D eigenvalue weighted by molar-refractivity contribution is 6.42. The van der Waals surface area contributed by atoms with Crippen molar-refractivity contribution in [3.8, 4) is 34.0 Å². The second kappa shape index (κ2) is 7.50. The molecule has 138 valence electrons. The summed E-state index contributed by atoms with van der Waals surface area (Å²) < 4.78 is 6.08. The summed E-state index contributed by atoms with van der Waals surface area (Å²) in [5.74, 6) is -0.00594. The van der Waals surface area contributed by atoms with Crippen LogP contribution in [0.25, 0.3) is 34.0 Å². The van der Waals surface area contributed by atoms with Gasteiger partial charge in [0.25, 0.3) is 0 Å². The van der Waals surface area contributed by atoms with Crippen molar-refractivity contribution < 1.29 is 14.3 Å². The summed E-state index contributed by atoms with van der Waals surface area (Å²) in [5, 5.41) is 9.96. The Morgan fingerprint density at radius 1 is 0.821 bits per heavy atom. The minimum atomic E-state index is -0.986. The summed E-state index contributed by atoms with van der Waals surface area (Å²) in [6, 6.07) is 21.3. The number of aromatic nitrogens is 1. The highest BCUT2D eigenvalue weighted by atomic mass is 35.5. The van der Waals surface area contributed by atoms with Crippen LogP contribution >= 0.6 is 23.2 Å². The van der Waals surface area contributed by atoms with E-state index in [-0.39, 0.29) is 5.56 Å². The Morgan fingerprint density at radius 3 is 2.14 bits per heavy atom. The minimum Gasteiger partial charge on any atom is -0.478 e. The molecule has 0 aliphatic rings. The van der Waals surface area contributed by atoms with Crippen LogP contribution in [0.3, 0.4) is 0 Å². The first kappa shape index (κ1) is 18.3. The van der Waals surface area contributed by atoms with Crippen LogP contribution in [0.5, 0.6) is 0 Å². The number of carboxylic acids is 1. The number of carbonyl (C=O) groups is 1. The molecule has 1 heterocycles. The first-order valence-electron chi connectivity index (χ1n) is 8.38. The van der Waals surface area contributed by atoms with E-state index in [0.717, 1.165) is 11.1 Å². The van der Waals surface area contributed by atoms with Crippen molar-refractivity contribution in [2.24, 2.45) is 0 Å². The largest absolute Gasteiger partial charge is 0.478 e. The number of nitrogens with zero attached hydrogens (tertiary/aromatic N) is 1. The maximum Gasteiger partial charge on any atom is 0.335 e. The van der Waals surface area contributed by atoms with Gasteiger partial charge < -0.3 is 9.52 Å². The fourth-order valence-corrected chi connectivity index (χ4v) is 3.12. The van der Waals surface area contributed by atoms with Gasteiger partial charge in [0.2, 0.25) is 5.89 Å². The molecular weight excluding hydrogens is 397 g/mol. The molecular formula is C22H13Cl2NO3. The van der Waals surface area contributed by atoms with Gasteiger partial charge in [-0.15, -0.1) is 0 Å². The van der Waals surface area contributed by atoms with Gasteiger partial charge in [0.05, 0.1) is 15.6 Å². The number of halogens is 2. The molecule has 3 aromatic carbocycles. The van der Waals surface area contributed by atoms with Gasteiger partial charge in [0, 0.05) is 16.7 Å². The second-order valence-corrected chi connectivity index (χ2v) is 6.89. The number of aromatic carboxylic acids is 1. The molecule has 0 unspecified atom stereocenters. The average molecular weight is 410 g/mol. The van der Waals surface area contributed by atoms with E-state index in [9.17, 15) is 4.79 Å². The van der Waals surface area contributed by atoms with Crippen molar-refractivity contribution in [2.75, 3.05) is 0 Å². The van der Waals surface area contributed by atoms with Crippen molar-refractivity contribution >= 4 is 29.2 Å². The molecule has 0 saturated heterocycles. The normalized spacial score (nSPS) is 10.8. The van der Waals surface area contributed by atoms with Gasteiger partial charge in [-0.05, 0) is 36.4 Å². The van der Waals surface area contributed by atoms with E-state index < -0.39 is 5.97 Å². The topological polar surface area (TPSA) is 63.3 Å². The summed E-state index contributed by atoms with van der Waals surface area (Å²) in [6.07, 6.45) is 0. The predicted molar refractivity (Wildman–Crippen MR) is 110 cm³/mol. The first-order chi connectivity index (χ1) is 13.5. The summed E-state index contributed by atoms with van der Waals surface area (Å²) in [6.45, 7) is 0. The SMILES string of the molecule is O=C(O)c1ccc(-c2nc(-c3ccc(Cl)c(Cl)c3)c(-c3ccccc3)o2)cc1. The second-order valence-electron chi connectivity index (χ2n) is 6.07. The fraction of sp³-hybridized carbons (Fsp3) is 0. The molecule has 0 radical (unpaired) electrons.